The molecular weight excluding hydrogens is 694 g/mol. The summed E-state index contributed by atoms with van der Waals surface area (Å²) in [5.74, 6) is 2.10. The van der Waals surface area contributed by atoms with Gasteiger partial charge in [-0.2, -0.15) is 5.84 Å². The predicted molar refractivity (Wildman–Crippen MR) is 193 cm³/mol. The van der Waals surface area contributed by atoms with Crippen molar-refractivity contribution in [3.63, 3.8) is 0 Å². The molecule has 0 aromatic heterocycles. The monoisotopic (exact) mass is 764 g/mol. The molecule has 0 aliphatic carbocycles. The number of hydrogen-bond donors (Lipinski definition) is 7. The van der Waals surface area contributed by atoms with Gasteiger partial charge in [0.25, 0.3) is 0 Å². The minimum Gasteiger partial charge on any atom is -0.459 e. The Morgan fingerprint density at radius 3 is 2.08 bits per heavy atom. The minimum atomic E-state index is -1.98. The summed E-state index contributed by atoms with van der Waals surface area (Å²) in [6.07, 6.45) is -10.1. The van der Waals surface area contributed by atoms with E-state index >= 15 is 0 Å². The van der Waals surface area contributed by atoms with Gasteiger partial charge in [-0.25, -0.2) is 4.59 Å². The van der Waals surface area contributed by atoms with E-state index in [0.29, 0.717) is 6.42 Å². The number of nitrogens with zero attached hydrogens (tertiary/aromatic N) is 2. The van der Waals surface area contributed by atoms with E-state index in [-0.39, 0.29) is 35.7 Å². The number of quaternary nitrogens is 1. The Hall–Kier alpha value is -1.54. The third-order valence-corrected chi connectivity index (χ3v) is 12.2. The molecule has 3 aliphatic rings. The number of carbonyl (C=O) groups is 1. The molecule has 0 radical (unpaired) electrons. The van der Waals surface area contributed by atoms with E-state index < -0.39 is 108 Å². The second-order valence-corrected chi connectivity index (χ2v) is 17.3. The van der Waals surface area contributed by atoms with Gasteiger partial charge in [0.15, 0.2) is 18.7 Å². The third kappa shape index (κ3) is 9.89. The molecular formula is C37H70N3O13+. The average molecular weight is 765 g/mol. The van der Waals surface area contributed by atoms with Gasteiger partial charge in [-0.1, -0.05) is 32.9 Å². The summed E-state index contributed by atoms with van der Waals surface area (Å²) >= 11 is 0. The van der Waals surface area contributed by atoms with Crippen molar-refractivity contribution in [2.45, 2.75) is 179 Å². The van der Waals surface area contributed by atoms with Crippen molar-refractivity contribution in [3.05, 3.63) is 0 Å². The van der Waals surface area contributed by atoms with Crippen LogP contribution in [-0.4, -0.2) is 152 Å². The SMILES string of the molecule is CC[C@H]1OC(=O)[C@H](C)[C@@H](O[C@@H]2C[C@](C)(OC)[C@H](O)[C@@H](C)O2)[C@H](C)[C@@H](O[C@H]2O[C@@H](C)C[C@@H]([N+](C)(C)N)[C@@H]2O)[C@](C)(O)C[C@@H](C)/C(=N\O)[C@H](C)[C@@H](O)[C@]1(C)O. The van der Waals surface area contributed by atoms with Gasteiger partial charge in [-0.05, 0) is 54.4 Å². The number of aliphatic hydroxyl groups excluding tert-OH is 3. The molecule has 3 rings (SSSR count). The smallest absolute Gasteiger partial charge is 0.311 e. The van der Waals surface area contributed by atoms with Gasteiger partial charge in [-0.3, -0.25) is 4.79 Å². The number of ether oxygens (including phenoxy) is 6. The highest BCUT2D eigenvalue weighted by Gasteiger charge is 2.54. The molecule has 16 heteroatoms. The first-order chi connectivity index (χ1) is 24.3. The molecule has 8 N–H and O–H groups in total. The quantitative estimate of drug-likeness (QED) is 0.0640. The maximum Gasteiger partial charge on any atom is 0.311 e. The molecule has 0 saturated carbocycles. The van der Waals surface area contributed by atoms with Gasteiger partial charge in [0.1, 0.15) is 23.9 Å². The van der Waals surface area contributed by atoms with Crippen molar-refractivity contribution in [1.82, 2.24) is 0 Å². The second-order valence-electron chi connectivity index (χ2n) is 17.3. The van der Waals surface area contributed by atoms with Gasteiger partial charge in [0, 0.05) is 37.7 Å². The van der Waals surface area contributed by atoms with Crippen LogP contribution in [-0.2, 0) is 33.2 Å². The fraction of sp³-hybridized carbons (Fsp3) is 0.946. The maximum atomic E-state index is 14.2. The van der Waals surface area contributed by atoms with Crippen molar-refractivity contribution in [3.8, 4) is 0 Å². The summed E-state index contributed by atoms with van der Waals surface area (Å²) in [4.78, 5) is 14.2. The number of hydrogen-bond acceptors (Lipinski definition) is 15. The zero-order valence-electron chi connectivity index (χ0n) is 34.0. The Morgan fingerprint density at radius 2 is 1.55 bits per heavy atom. The van der Waals surface area contributed by atoms with E-state index in [0.717, 1.165) is 0 Å². The third-order valence-electron chi connectivity index (χ3n) is 12.2. The molecule has 3 saturated heterocycles. The largest absolute Gasteiger partial charge is 0.459 e. The highest BCUT2D eigenvalue weighted by Crippen LogP contribution is 2.41. The summed E-state index contributed by atoms with van der Waals surface area (Å²) in [5, 5.41) is 72.0. The molecule has 3 heterocycles. The normalized spacial score (nSPS) is 49.3. The number of aliphatic hydroxyl groups is 5. The maximum absolute atomic E-state index is 14.2. The number of rotatable bonds is 7. The Morgan fingerprint density at radius 1 is 0.943 bits per heavy atom. The molecule has 0 aromatic carbocycles. The molecule has 0 bridgehead atoms. The van der Waals surface area contributed by atoms with Crippen molar-refractivity contribution >= 4 is 11.7 Å². The first kappa shape index (κ1) is 45.8. The number of oxime groups is 1. The summed E-state index contributed by atoms with van der Waals surface area (Å²) in [6.45, 7) is 16.5. The van der Waals surface area contributed by atoms with E-state index in [9.17, 15) is 35.5 Å². The zero-order valence-corrected chi connectivity index (χ0v) is 34.0. The molecule has 3 fully saturated rings. The highest BCUT2D eigenvalue weighted by molar-refractivity contribution is 5.88. The summed E-state index contributed by atoms with van der Waals surface area (Å²) in [5.41, 5.74) is -4.75. The molecule has 0 spiro atoms. The van der Waals surface area contributed by atoms with Gasteiger partial charge in [0.05, 0.1) is 67.4 Å². The van der Waals surface area contributed by atoms with Crippen LogP contribution < -0.4 is 5.84 Å². The van der Waals surface area contributed by atoms with Crippen LogP contribution in [0, 0.1) is 23.7 Å². The van der Waals surface area contributed by atoms with Crippen LogP contribution in [0.25, 0.3) is 0 Å². The molecule has 0 aromatic rings. The topological polar surface area (TPSA) is 232 Å². The van der Waals surface area contributed by atoms with Crippen LogP contribution in [0.2, 0.25) is 0 Å². The molecule has 16 nitrogen and oxygen atoms in total. The van der Waals surface area contributed by atoms with E-state index in [1.54, 1.807) is 62.6 Å². The summed E-state index contributed by atoms with van der Waals surface area (Å²) in [6, 6.07) is -0.494. The Kier molecular flexibility index (Phi) is 15.0. The first-order valence-electron chi connectivity index (χ1n) is 19.0. The number of likely N-dealkylation sites (N-methyl/N-ethyl adjacent to an activating group) is 1. The number of carbonyl (C=O) groups excluding carboxylic acids is 1. The van der Waals surface area contributed by atoms with Crippen molar-refractivity contribution in [2.75, 3.05) is 21.2 Å². The number of cyclic esters (lactones) is 1. The van der Waals surface area contributed by atoms with Crippen LogP contribution in [0.1, 0.15) is 94.9 Å². The van der Waals surface area contributed by atoms with Gasteiger partial charge in [0.2, 0.25) is 0 Å². The van der Waals surface area contributed by atoms with Crippen LogP contribution >= 0.6 is 0 Å². The van der Waals surface area contributed by atoms with Crippen molar-refractivity contribution in [1.29, 1.82) is 0 Å². The van der Waals surface area contributed by atoms with Crippen molar-refractivity contribution < 1.29 is 68.5 Å². The lowest BCUT2D eigenvalue weighted by atomic mass is 9.73. The lowest BCUT2D eigenvalue weighted by molar-refractivity contribution is -0.933. The van der Waals surface area contributed by atoms with Crippen LogP contribution in [0.15, 0.2) is 5.16 Å². The lowest BCUT2D eigenvalue weighted by Gasteiger charge is -2.49. The standard InChI is InChI=1S/C37H69N3O13/c1-14-25-37(10,46)30(42)20(4)27(39-47)18(2)16-35(8,45)32(53-34-28(41)24(40(11,12)38)15-19(3)49-34)21(5)29(22(6)33(44)51-25)52-26-17-36(9,48-13)31(43)23(7)50-26/h18-26,28-32,34,41-43,45-46H,14-17,38H2,1-13H3/p+1/b39-27+/t18-,19+,20+,21+,22-,23-,24-,25-,26-,28+,29+,30-,31-,32-,34-,35-,36+,37-/m1/s1. The Labute approximate surface area is 315 Å². The van der Waals surface area contributed by atoms with E-state index in [1.807, 2.05) is 6.92 Å². The van der Waals surface area contributed by atoms with E-state index in [2.05, 4.69) is 5.16 Å². The Balaban J connectivity index is 2.22. The first-order valence-corrected chi connectivity index (χ1v) is 19.0. The molecule has 18 atom stereocenters. The van der Waals surface area contributed by atoms with Gasteiger partial charge >= 0.3 is 5.97 Å². The van der Waals surface area contributed by atoms with Crippen molar-refractivity contribution in [2.24, 2.45) is 34.7 Å². The zero-order chi connectivity index (χ0) is 40.6. The Bertz CT molecular complexity index is 1250. The van der Waals surface area contributed by atoms with E-state index in [4.69, 9.17) is 34.3 Å². The average Bonchev–Trinajstić information content (AvgIpc) is 3.06. The molecule has 53 heavy (non-hydrogen) atoms. The lowest BCUT2D eigenvalue weighted by Crippen LogP contribution is -2.66. The summed E-state index contributed by atoms with van der Waals surface area (Å²) in [7, 11) is 4.99. The number of esters is 1. The van der Waals surface area contributed by atoms with E-state index in [1.165, 1.54) is 21.0 Å². The summed E-state index contributed by atoms with van der Waals surface area (Å²) < 4.78 is 37.2. The minimum absolute atomic E-state index is 0.0722. The predicted octanol–water partition coefficient (Wildman–Crippen LogP) is 1.44. The molecule has 310 valence electrons. The fourth-order valence-corrected chi connectivity index (χ4v) is 8.76. The molecule has 3 aliphatic heterocycles. The fourth-order valence-electron chi connectivity index (χ4n) is 8.76. The second kappa shape index (κ2) is 17.3. The molecule has 0 amide bonds. The van der Waals surface area contributed by atoms with Crippen LogP contribution in [0.5, 0.6) is 0 Å². The van der Waals surface area contributed by atoms with Gasteiger partial charge < -0.3 is 59.2 Å². The number of methoxy groups -OCH3 is 1. The number of nitrogens with two attached hydrogens (primary N) is 1. The van der Waals surface area contributed by atoms with Crippen LogP contribution in [0.4, 0.5) is 0 Å². The molecule has 0 unspecified atom stereocenters. The van der Waals surface area contributed by atoms with Crippen LogP contribution in [0.3, 0.4) is 0 Å². The van der Waals surface area contributed by atoms with Gasteiger partial charge in [-0.15, -0.1) is 0 Å². The highest BCUT2D eigenvalue weighted by atomic mass is 16.7.